The molecule has 20 heteroatoms. The zero-order valence-electron chi connectivity index (χ0n) is 40.1. The van der Waals surface area contributed by atoms with Gasteiger partial charge >= 0.3 is 6.03 Å². The molecule has 6 N–H and O–H groups in total. The van der Waals surface area contributed by atoms with Crippen LogP contribution in [0.5, 0.6) is 0 Å². The summed E-state index contributed by atoms with van der Waals surface area (Å²) in [6.07, 6.45) is 8.14. The fraction of sp³-hybridized carbons (Fsp3) is 0.549. The number of urea groups is 1. The Hall–Kier alpha value is -4.53. The Morgan fingerprint density at radius 1 is 0.845 bits per heavy atom. The van der Waals surface area contributed by atoms with E-state index >= 15 is 4.39 Å². The van der Waals surface area contributed by atoms with E-state index in [1.807, 2.05) is 17.8 Å². The summed E-state index contributed by atoms with van der Waals surface area (Å²) in [5.74, 6) is -1.37. The van der Waals surface area contributed by atoms with Crippen LogP contribution in [-0.4, -0.2) is 138 Å². The third kappa shape index (κ3) is 14.4. The van der Waals surface area contributed by atoms with Crippen LogP contribution in [0.25, 0.3) is 0 Å². The number of halogens is 3. The maximum Gasteiger partial charge on any atom is 0.315 e. The lowest BCUT2D eigenvalue weighted by molar-refractivity contribution is -0.121. The number of unbranched alkanes of at least 4 members (excludes halogenated alkanes) is 1. The van der Waals surface area contributed by atoms with Gasteiger partial charge in [0.05, 0.1) is 76.0 Å². The van der Waals surface area contributed by atoms with Gasteiger partial charge in [0.25, 0.3) is 5.91 Å². The average molecular weight is 1040 g/mol. The minimum absolute atomic E-state index is 0.0136. The van der Waals surface area contributed by atoms with Gasteiger partial charge in [0.1, 0.15) is 5.82 Å². The molecule has 6 amide bonds. The molecule has 3 aliphatic heterocycles. The quantitative estimate of drug-likeness (QED) is 0.0276. The summed E-state index contributed by atoms with van der Waals surface area (Å²) in [7, 11) is 1.66. The normalized spacial score (nSPS) is 22.1. The monoisotopic (exact) mass is 1040 g/mol. The molecule has 1 aliphatic carbocycles. The number of carbonyl (C=O) groups excluding carboxylic acids is 5. The molecule has 1 saturated carbocycles. The van der Waals surface area contributed by atoms with Gasteiger partial charge < -0.3 is 50.4 Å². The van der Waals surface area contributed by atoms with Crippen LogP contribution < -0.4 is 36.8 Å². The van der Waals surface area contributed by atoms with Gasteiger partial charge in [-0.05, 0) is 79.3 Å². The first-order valence-electron chi connectivity index (χ1n) is 24.6. The van der Waals surface area contributed by atoms with E-state index in [1.54, 1.807) is 55.6 Å². The standard InChI is InChI=1S/C51H66Cl2FN7O9S/c1-61(49(65)47-43(37-8-7-9-38(53)45(37)54)44(51(60-47)18-5-2-6-19-51)36-17-14-34(52)30-39(36)57-32-62)35-15-12-33(13-16-35)48(64)56-21-23-68-25-27-70-29-28-69-26-24-67-22-20-55-42(63)11-4-3-10-41-46-40(31-71-41)58-50(66)59-46/h7-9,12-17,30,32,40-41,43-44,46-47,60H,2-6,10-11,18-29,31H2,1H3,(H,55,63)(H,56,64)(H,57,62)(H2,58,59,66)/t40-,41?,43+,44?,46-,47?/m0/s1. The molecule has 71 heavy (non-hydrogen) atoms. The van der Waals surface area contributed by atoms with E-state index in [0.717, 1.165) is 62.7 Å². The van der Waals surface area contributed by atoms with Crippen LogP contribution in [0.4, 0.5) is 20.6 Å². The Morgan fingerprint density at radius 2 is 1.52 bits per heavy atom. The van der Waals surface area contributed by atoms with Crippen molar-refractivity contribution in [3.63, 3.8) is 0 Å². The van der Waals surface area contributed by atoms with E-state index in [4.69, 9.17) is 42.1 Å². The largest absolute Gasteiger partial charge is 0.377 e. The average Bonchev–Trinajstić information content (AvgIpc) is 4.03. The minimum Gasteiger partial charge on any atom is -0.377 e. The number of amides is 6. The lowest BCUT2D eigenvalue weighted by atomic mass is 9.66. The summed E-state index contributed by atoms with van der Waals surface area (Å²) >= 11 is 14.7. The van der Waals surface area contributed by atoms with Crippen LogP contribution >= 0.6 is 35.0 Å². The van der Waals surface area contributed by atoms with Crippen LogP contribution in [0.15, 0.2) is 60.7 Å². The van der Waals surface area contributed by atoms with Crippen molar-refractivity contribution >= 4 is 76.5 Å². The summed E-state index contributed by atoms with van der Waals surface area (Å²) in [5, 5.41) is 19.0. The lowest BCUT2D eigenvalue weighted by Crippen LogP contribution is -2.52. The van der Waals surface area contributed by atoms with Gasteiger partial charge in [-0.1, -0.05) is 67.1 Å². The highest BCUT2D eigenvalue weighted by Crippen LogP contribution is 2.56. The highest BCUT2D eigenvalue weighted by molar-refractivity contribution is 8.00. The molecule has 3 saturated heterocycles. The Bertz CT molecular complexity index is 2280. The summed E-state index contributed by atoms with van der Waals surface area (Å²) < 4.78 is 38.5. The molecule has 0 bridgehead atoms. The van der Waals surface area contributed by atoms with Crippen LogP contribution in [-0.2, 0) is 33.3 Å². The topological polar surface area (TPSA) is 198 Å². The molecule has 3 heterocycles. The number of thioether (sulfide) groups is 1. The maximum atomic E-state index is 16.2. The number of likely N-dealkylation sites (N-methyl/N-ethyl adjacent to an activating group) is 1. The number of nitrogens with zero attached hydrogens (tertiary/aromatic N) is 1. The second-order valence-corrected chi connectivity index (χ2v) is 20.5. The SMILES string of the molecule is CN(C(=O)C1NC2(CCCCC2)C(c2ccc(Cl)cc2NC=O)[C@H]1c1cccc(Cl)c1F)c1ccc(C(=O)NCCOCCOCCOCCOCCNC(=O)CCCCC2SC[C@@H]3NC(=O)N[C@H]23)cc1. The van der Waals surface area contributed by atoms with Gasteiger partial charge in [-0.15, -0.1) is 0 Å². The molecular weight excluding hydrogens is 977 g/mol. The minimum atomic E-state index is -0.873. The Balaban J connectivity index is 0.769. The molecule has 3 aromatic carbocycles. The van der Waals surface area contributed by atoms with Crippen molar-refractivity contribution in [1.82, 2.24) is 26.6 Å². The van der Waals surface area contributed by atoms with Gasteiger partial charge in [0.15, 0.2) is 0 Å². The highest BCUT2D eigenvalue weighted by Gasteiger charge is 2.58. The molecule has 4 fully saturated rings. The van der Waals surface area contributed by atoms with E-state index in [9.17, 15) is 24.0 Å². The molecule has 3 unspecified atom stereocenters. The van der Waals surface area contributed by atoms with Gasteiger partial charge in [-0.25, -0.2) is 9.18 Å². The number of benzene rings is 3. The number of nitrogens with one attached hydrogen (secondary N) is 6. The van der Waals surface area contributed by atoms with Crippen LogP contribution in [0.3, 0.4) is 0 Å². The van der Waals surface area contributed by atoms with Crippen molar-refractivity contribution in [1.29, 1.82) is 0 Å². The van der Waals surface area contributed by atoms with E-state index in [1.165, 1.54) is 11.0 Å². The van der Waals surface area contributed by atoms with Gasteiger partial charge in [-0.2, -0.15) is 11.8 Å². The van der Waals surface area contributed by atoms with Crippen molar-refractivity contribution in [3.8, 4) is 0 Å². The Morgan fingerprint density at radius 3 is 2.21 bits per heavy atom. The van der Waals surface area contributed by atoms with Gasteiger partial charge in [0.2, 0.25) is 18.2 Å². The smallest absolute Gasteiger partial charge is 0.315 e. The van der Waals surface area contributed by atoms with E-state index < -0.39 is 29.2 Å². The first-order valence-corrected chi connectivity index (χ1v) is 26.4. The predicted molar refractivity (Wildman–Crippen MR) is 273 cm³/mol. The summed E-state index contributed by atoms with van der Waals surface area (Å²) in [5.41, 5.74) is 1.91. The first kappa shape index (κ1) is 54.2. The Kier molecular flexibility index (Phi) is 20.6. The fourth-order valence-electron chi connectivity index (χ4n) is 10.4. The molecule has 4 aliphatic rings. The molecule has 386 valence electrons. The van der Waals surface area contributed by atoms with Crippen LogP contribution in [0, 0.1) is 5.82 Å². The molecule has 7 rings (SSSR count). The molecule has 6 atom stereocenters. The molecule has 1 spiro atoms. The van der Waals surface area contributed by atoms with E-state index in [-0.39, 0.29) is 54.0 Å². The number of carbonyl (C=O) groups is 5. The summed E-state index contributed by atoms with van der Waals surface area (Å²) in [6.45, 7) is 3.73. The maximum absolute atomic E-state index is 16.2. The predicted octanol–water partition coefficient (Wildman–Crippen LogP) is 6.54. The van der Waals surface area contributed by atoms with Gasteiger partial charge in [-0.3, -0.25) is 24.5 Å². The number of fused-ring (bicyclic) bond motifs is 1. The number of ether oxygens (including phenoxy) is 4. The first-order chi connectivity index (χ1) is 34.5. The van der Waals surface area contributed by atoms with Crippen molar-refractivity contribution in [2.24, 2.45) is 0 Å². The van der Waals surface area contributed by atoms with Crippen LogP contribution in [0.2, 0.25) is 10.0 Å². The van der Waals surface area contributed by atoms with E-state index in [2.05, 4.69) is 31.9 Å². The third-order valence-electron chi connectivity index (χ3n) is 13.8. The number of rotatable bonds is 27. The highest BCUT2D eigenvalue weighted by atomic mass is 35.5. The van der Waals surface area contributed by atoms with Crippen molar-refractivity contribution in [3.05, 3.63) is 93.2 Å². The second-order valence-electron chi connectivity index (χ2n) is 18.3. The number of anilines is 2. The van der Waals surface area contributed by atoms with Crippen molar-refractivity contribution in [2.45, 2.75) is 98.5 Å². The number of hydrogen-bond acceptors (Lipinski definition) is 11. The van der Waals surface area contributed by atoms with E-state index in [0.29, 0.717) is 98.4 Å². The Labute approximate surface area is 429 Å². The summed E-state index contributed by atoms with van der Waals surface area (Å²) in [4.78, 5) is 64.8. The summed E-state index contributed by atoms with van der Waals surface area (Å²) in [6, 6.07) is 16.3. The van der Waals surface area contributed by atoms with Gasteiger partial charge in [0, 0.05) is 76.9 Å². The third-order valence-corrected chi connectivity index (χ3v) is 15.9. The lowest BCUT2D eigenvalue weighted by Gasteiger charge is -2.41. The molecule has 0 aromatic heterocycles. The molecular formula is C51H66Cl2FN7O9S. The zero-order chi connectivity index (χ0) is 50.2. The van der Waals surface area contributed by atoms with Crippen molar-refractivity contribution < 1.29 is 47.3 Å². The van der Waals surface area contributed by atoms with Crippen molar-refractivity contribution in [2.75, 3.05) is 89.0 Å². The molecule has 3 aromatic rings. The number of hydrogen-bond donors (Lipinski definition) is 6. The fourth-order valence-corrected chi connectivity index (χ4v) is 12.3. The molecule has 0 radical (unpaired) electrons. The second kappa shape index (κ2) is 27.0. The zero-order valence-corrected chi connectivity index (χ0v) is 42.4. The van der Waals surface area contributed by atoms with Crippen LogP contribution in [0.1, 0.15) is 91.1 Å². The molecule has 16 nitrogen and oxygen atoms in total.